The molecule has 0 heterocycles. The maximum Gasteiger partial charge on any atom is 0.166 e. The number of carbonyl (C=O) groups is 1. The first kappa shape index (κ1) is 12.6. The molecule has 0 amide bonds. The zero-order valence-corrected chi connectivity index (χ0v) is 10.7. The second-order valence-corrected chi connectivity index (χ2v) is 5.39. The van der Waals surface area contributed by atoms with E-state index < -0.39 is 0 Å². The number of carbonyl (C=O) groups excluding carboxylic acids is 1. The van der Waals surface area contributed by atoms with Crippen molar-refractivity contribution in [1.82, 2.24) is 0 Å². The van der Waals surface area contributed by atoms with Crippen molar-refractivity contribution >= 4 is 5.78 Å². The highest BCUT2D eigenvalue weighted by Crippen LogP contribution is 2.48. The zero-order valence-electron chi connectivity index (χ0n) is 10.7. The molecule has 17 heavy (non-hydrogen) atoms. The van der Waals surface area contributed by atoms with Crippen LogP contribution in [-0.2, 0) is 9.53 Å². The summed E-state index contributed by atoms with van der Waals surface area (Å²) in [7, 11) is 1.62. The van der Waals surface area contributed by atoms with Crippen molar-refractivity contribution in [3.8, 4) is 0 Å². The maximum absolute atomic E-state index is 12.5. The van der Waals surface area contributed by atoms with Crippen LogP contribution in [0.5, 0.6) is 0 Å². The standard InChI is InChI=1S/C15H22O2/c1-4-15(5-2)10-11-8-6-7-9-12(11)13(16)14(15)17-3/h4-5,11-12,14H,1-2,6-10H2,3H3/t11-,12-,14+/m1/s1. The highest BCUT2D eigenvalue weighted by Gasteiger charge is 2.50. The monoisotopic (exact) mass is 234 g/mol. The van der Waals surface area contributed by atoms with Gasteiger partial charge in [-0.05, 0) is 25.2 Å². The van der Waals surface area contributed by atoms with Gasteiger partial charge in [0.05, 0.1) is 0 Å². The first-order valence-corrected chi connectivity index (χ1v) is 6.52. The summed E-state index contributed by atoms with van der Waals surface area (Å²) in [6, 6.07) is 0. The number of ether oxygens (including phenoxy) is 1. The Hall–Kier alpha value is -0.890. The van der Waals surface area contributed by atoms with Gasteiger partial charge in [0.15, 0.2) is 5.78 Å². The van der Waals surface area contributed by atoms with Crippen molar-refractivity contribution in [2.45, 2.75) is 38.2 Å². The average Bonchev–Trinajstić information content (AvgIpc) is 2.38. The Kier molecular flexibility index (Phi) is 3.53. The number of methoxy groups -OCH3 is 1. The normalized spacial score (nSPS) is 36.1. The zero-order chi connectivity index (χ0) is 12.5. The van der Waals surface area contributed by atoms with Gasteiger partial charge in [-0.1, -0.05) is 25.0 Å². The number of hydrogen-bond donors (Lipinski definition) is 0. The van der Waals surface area contributed by atoms with Crippen LogP contribution in [0.1, 0.15) is 32.1 Å². The first-order valence-electron chi connectivity index (χ1n) is 6.52. The van der Waals surface area contributed by atoms with Crippen molar-refractivity contribution in [1.29, 1.82) is 0 Å². The fourth-order valence-electron chi connectivity index (χ4n) is 3.65. The molecule has 2 aliphatic carbocycles. The molecule has 2 rings (SSSR count). The van der Waals surface area contributed by atoms with E-state index in [1.54, 1.807) is 7.11 Å². The number of fused-ring (bicyclic) bond motifs is 1. The summed E-state index contributed by atoms with van der Waals surface area (Å²) in [5.74, 6) is 0.976. The van der Waals surface area contributed by atoms with Gasteiger partial charge in [-0.15, -0.1) is 13.2 Å². The lowest BCUT2D eigenvalue weighted by molar-refractivity contribution is -0.147. The molecule has 0 aromatic heterocycles. The summed E-state index contributed by atoms with van der Waals surface area (Å²) in [5.41, 5.74) is -0.357. The van der Waals surface area contributed by atoms with Crippen molar-refractivity contribution in [2.75, 3.05) is 7.11 Å². The summed E-state index contributed by atoms with van der Waals surface area (Å²) in [5, 5.41) is 0. The molecule has 2 fully saturated rings. The lowest BCUT2D eigenvalue weighted by Gasteiger charge is -2.47. The molecule has 3 atom stereocenters. The van der Waals surface area contributed by atoms with Crippen LogP contribution in [-0.4, -0.2) is 19.0 Å². The van der Waals surface area contributed by atoms with Crippen molar-refractivity contribution in [3.63, 3.8) is 0 Å². The van der Waals surface area contributed by atoms with E-state index in [9.17, 15) is 4.79 Å². The molecule has 2 saturated carbocycles. The molecule has 0 radical (unpaired) electrons. The minimum Gasteiger partial charge on any atom is -0.372 e. The molecule has 0 N–H and O–H groups in total. The van der Waals surface area contributed by atoms with Gasteiger partial charge in [0, 0.05) is 18.4 Å². The van der Waals surface area contributed by atoms with Gasteiger partial charge in [-0.3, -0.25) is 4.79 Å². The second-order valence-electron chi connectivity index (χ2n) is 5.39. The Morgan fingerprint density at radius 1 is 1.29 bits per heavy atom. The van der Waals surface area contributed by atoms with E-state index >= 15 is 0 Å². The Labute approximate surface area is 104 Å². The van der Waals surface area contributed by atoms with E-state index in [0.29, 0.717) is 5.92 Å². The molecule has 2 aliphatic rings. The second kappa shape index (κ2) is 4.77. The van der Waals surface area contributed by atoms with Gasteiger partial charge >= 0.3 is 0 Å². The van der Waals surface area contributed by atoms with E-state index in [0.717, 1.165) is 19.3 Å². The highest BCUT2D eigenvalue weighted by molar-refractivity contribution is 5.88. The van der Waals surface area contributed by atoms with Crippen LogP contribution in [0.4, 0.5) is 0 Å². The molecule has 0 bridgehead atoms. The molecule has 0 aliphatic heterocycles. The topological polar surface area (TPSA) is 26.3 Å². The Morgan fingerprint density at radius 3 is 2.53 bits per heavy atom. The number of rotatable bonds is 3. The molecule has 2 heteroatoms. The predicted octanol–water partition coefficient (Wildman–Crippen LogP) is 3.14. The third kappa shape index (κ3) is 1.89. The number of Topliss-reactive ketones (excluding diaryl/α,β-unsaturated/α-hetero) is 1. The van der Waals surface area contributed by atoms with E-state index in [1.165, 1.54) is 12.8 Å². The summed E-state index contributed by atoms with van der Waals surface area (Å²) in [4.78, 5) is 12.5. The van der Waals surface area contributed by atoms with Crippen LogP contribution in [0.25, 0.3) is 0 Å². The smallest absolute Gasteiger partial charge is 0.166 e. The predicted molar refractivity (Wildman–Crippen MR) is 68.7 cm³/mol. The maximum atomic E-state index is 12.5. The van der Waals surface area contributed by atoms with Gasteiger partial charge in [0.1, 0.15) is 6.10 Å². The fraction of sp³-hybridized carbons (Fsp3) is 0.667. The molecule has 94 valence electrons. The van der Waals surface area contributed by atoms with E-state index in [2.05, 4.69) is 13.2 Å². The largest absolute Gasteiger partial charge is 0.372 e. The molecule has 0 aromatic rings. The summed E-state index contributed by atoms with van der Waals surface area (Å²) >= 11 is 0. The summed E-state index contributed by atoms with van der Waals surface area (Å²) < 4.78 is 5.46. The van der Waals surface area contributed by atoms with E-state index in [4.69, 9.17) is 4.74 Å². The lowest BCUT2D eigenvalue weighted by Crippen LogP contribution is -2.51. The van der Waals surface area contributed by atoms with Crippen LogP contribution in [0.2, 0.25) is 0 Å². The number of ketones is 1. The highest BCUT2D eigenvalue weighted by atomic mass is 16.5. The Bertz CT molecular complexity index is 324. The minimum absolute atomic E-state index is 0.210. The molecule has 2 nitrogen and oxygen atoms in total. The first-order chi connectivity index (χ1) is 8.18. The van der Waals surface area contributed by atoms with Crippen LogP contribution in [0, 0.1) is 17.3 Å². The van der Waals surface area contributed by atoms with E-state index in [-0.39, 0.29) is 23.2 Å². The summed E-state index contributed by atoms with van der Waals surface area (Å²) in [6.07, 6.45) is 8.93. The van der Waals surface area contributed by atoms with Crippen LogP contribution < -0.4 is 0 Å². The van der Waals surface area contributed by atoms with Crippen LogP contribution in [0.3, 0.4) is 0 Å². The van der Waals surface area contributed by atoms with Crippen molar-refractivity contribution < 1.29 is 9.53 Å². The quantitative estimate of drug-likeness (QED) is 0.701. The van der Waals surface area contributed by atoms with Crippen molar-refractivity contribution in [2.24, 2.45) is 17.3 Å². The van der Waals surface area contributed by atoms with Crippen molar-refractivity contribution in [3.05, 3.63) is 25.3 Å². The Balaban J connectivity index is 2.33. The van der Waals surface area contributed by atoms with Gasteiger partial charge in [-0.25, -0.2) is 0 Å². The molecular formula is C15H22O2. The third-order valence-electron chi connectivity index (χ3n) is 4.63. The van der Waals surface area contributed by atoms with Gasteiger partial charge in [-0.2, -0.15) is 0 Å². The third-order valence-corrected chi connectivity index (χ3v) is 4.63. The van der Waals surface area contributed by atoms with Gasteiger partial charge in [0.25, 0.3) is 0 Å². The Morgan fingerprint density at radius 2 is 1.94 bits per heavy atom. The lowest BCUT2D eigenvalue weighted by atomic mass is 9.59. The number of hydrogen-bond acceptors (Lipinski definition) is 2. The molecule has 0 saturated heterocycles. The minimum atomic E-state index is -0.378. The fourth-order valence-corrected chi connectivity index (χ4v) is 3.65. The molecule has 0 unspecified atom stereocenters. The SMILES string of the molecule is C=CC1(C=C)C[C@H]2CCCC[C@H]2C(=O)[C@@H]1OC. The molecule has 0 spiro atoms. The van der Waals surface area contributed by atoms with Crippen LogP contribution >= 0.6 is 0 Å². The summed E-state index contributed by atoms with van der Waals surface area (Å²) in [6.45, 7) is 7.79. The van der Waals surface area contributed by atoms with Gasteiger partial charge in [0.2, 0.25) is 0 Å². The molecular weight excluding hydrogens is 212 g/mol. The van der Waals surface area contributed by atoms with Crippen LogP contribution in [0.15, 0.2) is 25.3 Å². The van der Waals surface area contributed by atoms with E-state index in [1.807, 2.05) is 12.2 Å². The molecule has 0 aromatic carbocycles. The average molecular weight is 234 g/mol. The van der Waals surface area contributed by atoms with Gasteiger partial charge < -0.3 is 4.74 Å².